The van der Waals surface area contributed by atoms with Crippen molar-refractivity contribution in [1.29, 1.82) is 0 Å². The van der Waals surface area contributed by atoms with Crippen LogP contribution in [0.2, 0.25) is 0 Å². The molecular weight excluding hydrogens is 456 g/mol. The molecule has 3 aliphatic rings. The van der Waals surface area contributed by atoms with E-state index in [2.05, 4.69) is 32.8 Å². The van der Waals surface area contributed by atoms with Gasteiger partial charge in [-0.05, 0) is 44.0 Å². The normalized spacial score (nSPS) is 21.4. The predicted molar refractivity (Wildman–Crippen MR) is 138 cm³/mol. The summed E-state index contributed by atoms with van der Waals surface area (Å²) in [6, 6.07) is 10.3. The lowest BCUT2D eigenvalue weighted by Crippen LogP contribution is -2.46. The van der Waals surface area contributed by atoms with E-state index in [0.717, 1.165) is 71.8 Å². The van der Waals surface area contributed by atoms with Gasteiger partial charge in [0.05, 0.1) is 48.1 Å². The Bertz CT molecular complexity index is 1470. The van der Waals surface area contributed by atoms with Crippen LogP contribution >= 0.6 is 0 Å². The van der Waals surface area contributed by atoms with Crippen LogP contribution in [-0.4, -0.2) is 76.0 Å². The molecule has 2 saturated heterocycles. The van der Waals surface area contributed by atoms with Gasteiger partial charge in [-0.25, -0.2) is 15.0 Å². The van der Waals surface area contributed by atoms with E-state index in [1.807, 2.05) is 24.3 Å². The van der Waals surface area contributed by atoms with Gasteiger partial charge in [-0.15, -0.1) is 0 Å². The van der Waals surface area contributed by atoms with Gasteiger partial charge < -0.3 is 25.0 Å². The number of benzene rings is 1. The number of pyridine rings is 1. The summed E-state index contributed by atoms with van der Waals surface area (Å²) in [6.07, 6.45) is 3.95. The summed E-state index contributed by atoms with van der Waals surface area (Å²) < 4.78 is 11.7. The molecule has 1 aliphatic carbocycles. The lowest BCUT2D eigenvalue weighted by molar-refractivity contribution is 0.0201. The Morgan fingerprint density at radius 3 is 2.81 bits per heavy atom. The number of hydrogen-bond donors (Lipinski definition) is 1. The molecule has 184 valence electrons. The summed E-state index contributed by atoms with van der Waals surface area (Å²) >= 11 is 0. The van der Waals surface area contributed by atoms with E-state index in [-0.39, 0.29) is 17.6 Å². The Balaban J connectivity index is 1.34. The van der Waals surface area contributed by atoms with Gasteiger partial charge in [-0.1, -0.05) is 6.07 Å². The molecule has 10 heteroatoms. The number of ether oxygens (including phenoxy) is 2. The third-order valence-corrected chi connectivity index (χ3v) is 7.40. The van der Waals surface area contributed by atoms with Crippen LogP contribution in [0.4, 0.5) is 17.7 Å². The second-order valence-corrected chi connectivity index (χ2v) is 9.99. The Hall–Kier alpha value is -3.63. The molecule has 5 heterocycles. The Morgan fingerprint density at radius 2 is 1.94 bits per heavy atom. The van der Waals surface area contributed by atoms with E-state index >= 15 is 0 Å². The number of fused-ring (bicyclic) bond motifs is 2. The molecule has 7 rings (SSSR count). The minimum Gasteiger partial charge on any atom is -0.377 e. The highest BCUT2D eigenvalue weighted by Crippen LogP contribution is 2.43. The number of rotatable bonds is 3. The number of hydrogen-bond acceptors (Lipinski definition) is 10. The topological polar surface area (TPSA) is 115 Å². The van der Waals surface area contributed by atoms with Crippen molar-refractivity contribution < 1.29 is 9.47 Å². The molecular formula is C26H28N8O2. The molecule has 10 nitrogen and oxygen atoms in total. The van der Waals surface area contributed by atoms with E-state index < -0.39 is 0 Å². The zero-order valence-electron chi connectivity index (χ0n) is 20.2. The van der Waals surface area contributed by atoms with Crippen LogP contribution < -0.4 is 15.5 Å². The molecule has 1 aromatic carbocycles. The van der Waals surface area contributed by atoms with Gasteiger partial charge in [-0.3, -0.25) is 0 Å². The fourth-order valence-corrected chi connectivity index (χ4v) is 5.21. The summed E-state index contributed by atoms with van der Waals surface area (Å²) in [7, 11) is 0. The molecule has 2 N–H and O–H groups in total. The quantitative estimate of drug-likeness (QED) is 0.465. The zero-order valence-corrected chi connectivity index (χ0v) is 20.2. The number of nitrogens with two attached hydrogens (primary N) is 1. The van der Waals surface area contributed by atoms with Crippen molar-refractivity contribution in [3.05, 3.63) is 36.5 Å². The first kappa shape index (κ1) is 21.6. The van der Waals surface area contributed by atoms with Crippen molar-refractivity contribution in [1.82, 2.24) is 24.9 Å². The van der Waals surface area contributed by atoms with E-state index in [4.69, 9.17) is 30.2 Å². The lowest BCUT2D eigenvalue weighted by Gasteiger charge is -2.36. The first-order chi connectivity index (χ1) is 17.6. The van der Waals surface area contributed by atoms with Gasteiger partial charge in [0, 0.05) is 36.8 Å². The second-order valence-electron chi connectivity index (χ2n) is 9.99. The van der Waals surface area contributed by atoms with Crippen LogP contribution in [-0.2, 0) is 9.47 Å². The van der Waals surface area contributed by atoms with E-state index in [0.29, 0.717) is 25.5 Å². The number of nitrogen functional groups attached to an aromatic ring is 1. The first-order valence-corrected chi connectivity index (χ1v) is 12.5. The van der Waals surface area contributed by atoms with Crippen molar-refractivity contribution in [3.8, 4) is 11.3 Å². The average molecular weight is 485 g/mol. The van der Waals surface area contributed by atoms with Crippen molar-refractivity contribution in [2.45, 2.75) is 31.4 Å². The maximum atomic E-state index is 6.04. The highest BCUT2D eigenvalue weighted by molar-refractivity contribution is 5.91. The maximum absolute atomic E-state index is 6.04. The lowest BCUT2D eigenvalue weighted by atomic mass is 10.1. The van der Waals surface area contributed by atoms with E-state index in [1.165, 1.54) is 0 Å². The SMILES string of the molecule is C[C@H]1COCCN1c1nc(N2CCOC3(CC3)C2)nc2nc(-c3ccc4nc(N)ncc4c3)ccc12. The van der Waals surface area contributed by atoms with Crippen LogP contribution in [0, 0.1) is 0 Å². The minimum atomic E-state index is -0.0190. The van der Waals surface area contributed by atoms with Crippen LogP contribution in [0.3, 0.4) is 0 Å². The molecule has 0 amide bonds. The molecule has 0 bridgehead atoms. The fraction of sp³-hybridized carbons (Fsp3) is 0.423. The standard InChI is InChI=1S/C26H28N8O2/c1-16-14-35-10-9-34(16)23-19-3-5-20(17-2-4-21-18(12-17)13-28-24(27)30-21)29-22(19)31-25(32-23)33-8-11-36-26(15-33)6-7-26/h2-5,12-13,16H,6-11,14-15H2,1H3,(H2,27,28,30)/t16-/m0/s1. The molecule has 3 fully saturated rings. The minimum absolute atomic E-state index is 0.0190. The summed E-state index contributed by atoms with van der Waals surface area (Å²) in [5.74, 6) is 1.91. The number of anilines is 3. The monoisotopic (exact) mass is 484 g/mol. The summed E-state index contributed by atoms with van der Waals surface area (Å²) in [5, 5.41) is 1.86. The highest BCUT2D eigenvalue weighted by atomic mass is 16.5. The first-order valence-electron chi connectivity index (χ1n) is 12.5. The van der Waals surface area contributed by atoms with Crippen LogP contribution in [0.5, 0.6) is 0 Å². The van der Waals surface area contributed by atoms with Gasteiger partial charge in [0.15, 0.2) is 5.65 Å². The summed E-state index contributed by atoms with van der Waals surface area (Å²) in [4.78, 5) is 28.1. The summed E-state index contributed by atoms with van der Waals surface area (Å²) in [6.45, 7) is 6.62. The number of nitrogens with zero attached hydrogens (tertiary/aromatic N) is 7. The van der Waals surface area contributed by atoms with Gasteiger partial charge >= 0.3 is 0 Å². The van der Waals surface area contributed by atoms with Gasteiger partial charge in [0.1, 0.15) is 5.82 Å². The largest absolute Gasteiger partial charge is 0.377 e. The van der Waals surface area contributed by atoms with Crippen molar-refractivity contribution >= 4 is 39.7 Å². The van der Waals surface area contributed by atoms with E-state index in [1.54, 1.807) is 6.20 Å². The maximum Gasteiger partial charge on any atom is 0.229 e. The Kier molecular flexibility index (Phi) is 4.93. The molecule has 1 atom stereocenters. The van der Waals surface area contributed by atoms with Crippen molar-refractivity contribution in [2.75, 3.05) is 55.0 Å². The zero-order chi connectivity index (χ0) is 24.3. The molecule has 0 radical (unpaired) electrons. The van der Waals surface area contributed by atoms with Gasteiger partial charge in [-0.2, -0.15) is 9.97 Å². The van der Waals surface area contributed by atoms with Crippen LogP contribution in [0.25, 0.3) is 33.2 Å². The molecule has 1 spiro atoms. The fourth-order valence-electron chi connectivity index (χ4n) is 5.21. The molecule has 4 aromatic rings. The smallest absolute Gasteiger partial charge is 0.229 e. The average Bonchev–Trinajstić information content (AvgIpc) is 3.65. The van der Waals surface area contributed by atoms with E-state index in [9.17, 15) is 0 Å². The number of morpholine rings is 2. The van der Waals surface area contributed by atoms with Crippen molar-refractivity contribution in [2.24, 2.45) is 0 Å². The predicted octanol–water partition coefficient (Wildman–Crippen LogP) is 2.81. The second kappa shape index (κ2) is 8.21. The third-order valence-electron chi connectivity index (χ3n) is 7.40. The van der Waals surface area contributed by atoms with Crippen LogP contribution in [0.15, 0.2) is 36.5 Å². The Morgan fingerprint density at radius 1 is 1.03 bits per heavy atom. The highest BCUT2D eigenvalue weighted by Gasteiger charge is 2.48. The molecule has 3 aromatic heterocycles. The van der Waals surface area contributed by atoms with Crippen LogP contribution in [0.1, 0.15) is 19.8 Å². The molecule has 1 saturated carbocycles. The van der Waals surface area contributed by atoms with Gasteiger partial charge in [0.25, 0.3) is 0 Å². The molecule has 2 aliphatic heterocycles. The third kappa shape index (κ3) is 3.77. The number of aromatic nitrogens is 5. The van der Waals surface area contributed by atoms with Gasteiger partial charge in [0.2, 0.25) is 11.9 Å². The Labute approximate surface area is 208 Å². The molecule has 36 heavy (non-hydrogen) atoms. The molecule has 0 unspecified atom stereocenters. The van der Waals surface area contributed by atoms with Crippen molar-refractivity contribution in [3.63, 3.8) is 0 Å². The summed E-state index contributed by atoms with van der Waals surface area (Å²) in [5.41, 5.74) is 9.04.